The van der Waals surface area contributed by atoms with Crippen LogP contribution < -0.4 is 10.6 Å². The van der Waals surface area contributed by atoms with Crippen LogP contribution in [0.1, 0.15) is 33.1 Å². The van der Waals surface area contributed by atoms with Gasteiger partial charge in [-0.3, -0.25) is 9.59 Å². The predicted molar refractivity (Wildman–Crippen MR) is 99.3 cm³/mol. The van der Waals surface area contributed by atoms with Crippen LogP contribution >= 0.6 is 11.3 Å². The zero-order valence-electron chi connectivity index (χ0n) is 14.5. The first-order valence-electron chi connectivity index (χ1n) is 8.12. The molecule has 0 spiro atoms. The van der Waals surface area contributed by atoms with Gasteiger partial charge in [0.25, 0.3) is 5.91 Å². The highest BCUT2D eigenvalue weighted by atomic mass is 32.1. The Bertz CT molecular complexity index is 887. The fourth-order valence-corrected chi connectivity index (χ4v) is 3.22. The van der Waals surface area contributed by atoms with Crippen molar-refractivity contribution in [2.24, 2.45) is 0 Å². The minimum Gasteiger partial charge on any atom is -0.348 e. The monoisotopic (exact) mass is 369 g/mol. The summed E-state index contributed by atoms with van der Waals surface area (Å²) in [6.07, 6.45) is 3.10. The van der Waals surface area contributed by atoms with Gasteiger partial charge in [0, 0.05) is 4.88 Å². The minimum atomic E-state index is -0.237. The van der Waals surface area contributed by atoms with Crippen molar-refractivity contribution in [2.75, 3.05) is 6.54 Å². The zero-order chi connectivity index (χ0) is 18.5. The van der Waals surface area contributed by atoms with Crippen molar-refractivity contribution in [3.8, 4) is 5.69 Å². The molecular weight excluding hydrogens is 350 g/mol. The number of hydrogen-bond acceptors (Lipinski definition) is 5. The van der Waals surface area contributed by atoms with E-state index in [4.69, 9.17) is 0 Å². The lowest BCUT2D eigenvalue weighted by Gasteiger charge is -2.15. The lowest BCUT2D eigenvalue weighted by molar-refractivity contribution is -0.120. The summed E-state index contributed by atoms with van der Waals surface area (Å²) in [4.78, 5) is 29.6. The van der Waals surface area contributed by atoms with E-state index in [1.54, 1.807) is 17.1 Å². The summed E-state index contributed by atoms with van der Waals surface area (Å²) in [5.41, 5.74) is 1.85. The van der Waals surface area contributed by atoms with Gasteiger partial charge in [-0.2, -0.15) is 5.10 Å². The van der Waals surface area contributed by atoms with Crippen LogP contribution in [0.3, 0.4) is 0 Å². The van der Waals surface area contributed by atoms with E-state index in [2.05, 4.69) is 20.7 Å². The Kier molecular flexibility index (Phi) is 5.43. The number of rotatable bonds is 6. The number of carbonyl (C=O) groups excluding carboxylic acids is 2. The molecular formula is C18H19N5O2S. The zero-order valence-corrected chi connectivity index (χ0v) is 15.3. The second-order valence-corrected chi connectivity index (χ2v) is 7.10. The molecule has 0 unspecified atom stereocenters. The number of nitrogens with zero attached hydrogens (tertiary/aromatic N) is 3. The molecule has 0 aliphatic carbocycles. The van der Waals surface area contributed by atoms with E-state index in [0.717, 1.165) is 16.1 Å². The highest BCUT2D eigenvalue weighted by Crippen LogP contribution is 2.16. The molecule has 1 atom stereocenters. The van der Waals surface area contributed by atoms with Gasteiger partial charge in [0.1, 0.15) is 12.7 Å². The van der Waals surface area contributed by atoms with E-state index >= 15 is 0 Å². The van der Waals surface area contributed by atoms with Gasteiger partial charge in [0.2, 0.25) is 5.91 Å². The molecule has 0 saturated heterocycles. The van der Waals surface area contributed by atoms with Crippen LogP contribution in [0.2, 0.25) is 0 Å². The van der Waals surface area contributed by atoms with Crippen molar-refractivity contribution in [3.63, 3.8) is 0 Å². The van der Waals surface area contributed by atoms with Gasteiger partial charge in [0.15, 0.2) is 0 Å². The van der Waals surface area contributed by atoms with E-state index in [1.807, 2.05) is 44.2 Å². The summed E-state index contributed by atoms with van der Waals surface area (Å²) in [5, 5.41) is 9.59. The van der Waals surface area contributed by atoms with Gasteiger partial charge in [-0.25, -0.2) is 9.67 Å². The van der Waals surface area contributed by atoms with E-state index < -0.39 is 0 Å². The van der Waals surface area contributed by atoms with Crippen LogP contribution in [0.25, 0.3) is 5.69 Å². The number of aromatic nitrogens is 3. The Balaban J connectivity index is 1.51. The third-order valence-electron chi connectivity index (χ3n) is 3.83. The van der Waals surface area contributed by atoms with E-state index in [9.17, 15) is 9.59 Å². The Morgan fingerprint density at radius 3 is 2.58 bits per heavy atom. The minimum absolute atomic E-state index is 0.0584. The summed E-state index contributed by atoms with van der Waals surface area (Å²) in [6.45, 7) is 3.77. The fraction of sp³-hybridized carbons (Fsp3) is 0.222. The number of thiophene rings is 1. The maximum absolute atomic E-state index is 12.1. The third kappa shape index (κ3) is 4.34. The molecule has 0 fully saturated rings. The highest BCUT2D eigenvalue weighted by molar-refractivity contribution is 7.13. The number of carbonyl (C=O) groups is 2. The average Bonchev–Trinajstić information content (AvgIpc) is 3.31. The number of hydrogen-bond donors (Lipinski definition) is 2. The van der Waals surface area contributed by atoms with Gasteiger partial charge < -0.3 is 10.6 Å². The molecule has 0 aliphatic heterocycles. The summed E-state index contributed by atoms with van der Waals surface area (Å²) >= 11 is 1.40. The molecule has 3 aromatic rings. The van der Waals surface area contributed by atoms with Crippen LogP contribution in [0.4, 0.5) is 0 Å². The second-order valence-electron chi connectivity index (χ2n) is 5.81. The first-order valence-corrected chi connectivity index (χ1v) is 8.93. The molecule has 0 radical (unpaired) electrons. The highest BCUT2D eigenvalue weighted by Gasteiger charge is 2.13. The van der Waals surface area contributed by atoms with Crippen molar-refractivity contribution in [3.05, 3.63) is 64.4 Å². The molecule has 8 heteroatoms. The second kappa shape index (κ2) is 7.92. The van der Waals surface area contributed by atoms with E-state index in [1.165, 1.54) is 17.7 Å². The molecule has 26 heavy (non-hydrogen) atoms. The summed E-state index contributed by atoms with van der Waals surface area (Å²) in [5.74, 6) is -0.470. The van der Waals surface area contributed by atoms with E-state index in [-0.39, 0.29) is 24.4 Å². The molecule has 2 aromatic heterocycles. The first kappa shape index (κ1) is 17.8. The van der Waals surface area contributed by atoms with E-state index in [0.29, 0.717) is 4.88 Å². The van der Waals surface area contributed by atoms with Crippen LogP contribution in [0.5, 0.6) is 0 Å². The van der Waals surface area contributed by atoms with Crippen molar-refractivity contribution in [1.29, 1.82) is 0 Å². The summed E-state index contributed by atoms with van der Waals surface area (Å²) in [7, 11) is 0. The summed E-state index contributed by atoms with van der Waals surface area (Å²) in [6, 6.07) is 11.1. The standard InChI is InChI=1S/C18H19N5O2S/c1-12-3-8-16(26-12)18(25)20-9-17(24)22-13(2)14-4-6-15(7-5-14)23-11-19-10-21-23/h3-8,10-11,13H,9H2,1-2H3,(H,20,25)(H,22,24)/t13-/m0/s1. The molecule has 2 N–H and O–H groups in total. The van der Waals surface area contributed by atoms with Crippen molar-refractivity contribution >= 4 is 23.2 Å². The molecule has 134 valence electrons. The Morgan fingerprint density at radius 1 is 1.19 bits per heavy atom. The number of nitrogens with one attached hydrogen (secondary N) is 2. The molecule has 0 aliphatic rings. The molecule has 7 nitrogen and oxygen atoms in total. The third-order valence-corrected chi connectivity index (χ3v) is 4.83. The smallest absolute Gasteiger partial charge is 0.261 e. The maximum Gasteiger partial charge on any atom is 0.261 e. The SMILES string of the molecule is Cc1ccc(C(=O)NCC(=O)N[C@@H](C)c2ccc(-n3cncn3)cc2)s1. The lowest BCUT2D eigenvalue weighted by Crippen LogP contribution is -2.37. The van der Waals surface area contributed by atoms with Gasteiger partial charge in [-0.1, -0.05) is 12.1 Å². The Hall–Kier alpha value is -3.00. The molecule has 0 bridgehead atoms. The predicted octanol–water partition coefficient (Wildman–Crippen LogP) is 2.24. The fourth-order valence-electron chi connectivity index (χ4n) is 2.44. The van der Waals surface area contributed by atoms with Gasteiger partial charge in [-0.05, 0) is 43.7 Å². The first-order chi connectivity index (χ1) is 12.5. The largest absolute Gasteiger partial charge is 0.348 e. The van der Waals surface area contributed by atoms with Gasteiger partial charge >= 0.3 is 0 Å². The number of aryl methyl sites for hydroxylation is 1. The molecule has 3 rings (SSSR count). The molecule has 1 aromatic carbocycles. The van der Waals surface area contributed by atoms with Crippen LogP contribution in [-0.4, -0.2) is 33.1 Å². The van der Waals surface area contributed by atoms with Crippen LogP contribution in [0.15, 0.2) is 49.1 Å². The lowest BCUT2D eigenvalue weighted by atomic mass is 10.1. The molecule has 2 amide bonds. The average molecular weight is 369 g/mol. The molecule has 0 saturated carbocycles. The Morgan fingerprint density at radius 2 is 1.96 bits per heavy atom. The van der Waals surface area contributed by atoms with Crippen molar-refractivity contribution < 1.29 is 9.59 Å². The quantitative estimate of drug-likeness (QED) is 0.697. The van der Waals surface area contributed by atoms with Gasteiger partial charge in [0.05, 0.1) is 23.2 Å². The maximum atomic E-state index is 12.1. The molecule has 2 heterocycles. The van der Waals surface area contributed by atoms with Gasteiger partial charge in [-0.15, -0.1) is 11.3 Å². The number of amides is 2. The van der Waals surface area contributed by atoms with Crippen molar-refractivity contribution in [2.45, 2.75) is 19.9 Å². The van der Waals surface area contributed by atoms with Crippen molar-refractivity contribution in [1.82, 2.24) is 25.4 Å². The summed E-state index contributed by atoms with van der Waals surface area (Å²) < 4.78 is 1.66. The topological polar surface area (TPSA) is 88.9 Å². The Labute approximate surface area is 155 Å². The normalized spacial score (nSPS) is 11.8. The van der Waals surface area contributed by atoms with Crippen LogP contribution in [-0.2, 0) is 4.79 Å². The number of benzene rings is 1. The van der Waals surface area contributed by atoms with Crippen LogP contribution in [0, 0.1) is 6.92 Å².